The monoisotopic (exact) mass is 574 g/mol. The maximum atomic E-state index is 13.1. The third kappa shape index (κ3) is 6.68. The van der Waals surface area contributed by atoms with E-state index in [2.05, 4.69) is 9.47 Å². The van der Waals surface area contributed by atoms with Crippen molar-refractivity contribution in [3.63, 3.8) is 0 Å². The fourth-order valence-electron chi connectivity index (χ4n) is 4.08. The molecule has 4 rings (SSSR count). The van der Waals surface area contributed by atoms with E-state index in [1.54, 1.807) is 0 Å². The molecule has 0 bridgehead atoms. The lowest BCUT2D eigenvalue weighted by molar-refractivity contribution is -0.138. The molecule has 0 spiro atoms. The van der Waals surface area contributed by atoms with Crippen molar-refractivity contribution < 1.29 is 54.6 Å². The van der Waals surface area contributed by atoms with E-state index in [0.717, 1.165) is 32.6 Å². The Morgan fingerprint density at radius 3 is 1.88 bits per heavy atom. The lowest BCUT2D eigenvalue weighted by atomic mass is 9.90. The van der Waals surface area contributed by atoms with Crippen LogP contribution in [0.4, 0.5) is 37.7 Å². The quantitative estimate of drug-likeness (QED) is 0.224. The Morgan fingerprint density at radius 2 is 1.43 bits per heavy atom. The number of hydrogen-bond acceptors (Lipinski definition) is 8. The minimum absolute atomic E-state index is 0.0320. The van der Waals surface area contributed by atoms with Crippen LogP contribution < -0.4 is 11.5 Å². The van der Waals surface area contributed by atoms with Gasteiger partial charge in [-0.15, -0.1) is 0 Å². The summed E-state index contributed by atoms with van der Waals surface area (Å²) in [6, 6.07) is 5.09. The molecule has 0 radical (unpaired) electrons. The molecule has 1 aliphatic rings. The van der Waals surface area contributed by atoms with Gasteiger partial charge in [0.1, 0.15) is 0 Å². The van der Waals surface area contributed by atoms with Crippen molar-refractivity contribution in [1.29, 1.82) is 0 Å². The van der Waals surface area contributed by atoms with Gasteiger partial charge in [0.05, 0.1) is 55.6 Å². The van der Waals surface area contributed by atoms with Crippen molar-refractivity contribution in [1.82, 2.24) is 0 Å². The highest BCUT2D eigenvalue weighted by Gasteiger charge is 2.38. The molecule has 2 heterocycles. The summed E-state index contributed by atoms with van der Waals surface area (Å²) in [6.45, 7) is 0.605. The zero-order valence-electron chi connectivity index (χ0n) is 21.1. The summed E-state index contributed by atoms with van der Waals surface area (Å²) in [4.78, 5) is 23.1. The first-order valence-corrected chi connectivity index (χ1v) is 11.5. The molecule has 2 aromatic carbocycles. The Labute approximate surface area is 223 Å². The largest absolute Gasteiger partial charge is 0.472 e. The molecule has 3 aromatic rings. The third-order valence-corrected chi connectivity index (χ3v) is 6.03. The molecule has 1 unspecified atom stereocenters. The first-order valence-electron chi connectivity index (χ1n) is 11.5. The lowest BCUT2D eigenvalue weighted by Crippen LogP contribution is -2.16. The van der Waals surface area contributed by atoms with Gasteiger partial charge in [0, 0.05) is 29.5 Å². The predicted molar refractivity (Wildman–Crippen MR) is 130 cm³/mol. The van der Waals surface area contributed by atoms with E-state index in [1.807, 2.05) is 0 Å². The minimum Gasteiger partial charge on any atom is -0.472 e. The minimum atomic E-state index is -4.60. The van der Waals surface area contributed by atoms with Crippen LogP contribution in [0.1, 0.15) is 49.7 Å². The standard InChI is InChI=1S/C13H14F3NO3.C13H10F3NO3/c2*1-19-12(18)9-4-8(7-2-3-20-6-7)10(5-11(9)17)13(14,15)16/h4-5,7H,2-3,6,17H2,1H3;2-6H,17H2,1H3. The Kier molecular flexibility index (Phi) is 9.03. The first-order chi connectivity index (χ1) is 18.7. The van der Waals surface area contributed by atoms with Crippen LogP contribution in [0.5, 0.6) is 0 Å². The summed E-state index contributed by atoms with van der Waals surface area (Å²) in [6.07, 6.45) is -6.25. The van der Waals surface area contributed by atoms with Crippen LogP contribution in [0.15, 0.2) is 47.3 Å². The maximum Gasteiger partial charge on any atom is 0.417 e. The summed E-state index contributed by atoms with van der Waals surface area (Å²) >= 11 is 0. The fraction of sp³-hybridized carbons (Fsp3) is 0.308. The number of esters is 2. The second-order valence-corrected chi connectivity index (χ2v) is 8.56. The highest BCUT2D eigenvalue weighted by atomic mass is 19.4. The molecule has 1 fully saturated rings. The van der Waals surface area contributed by atoms with Crippen LogP contribution in [-0.2, 0) is 26.6 Å². The molecular weight excluding hydrogens is 550 g/mol. The number of carbonyl (C=O) groups excluding carboxylic acids is 2. The number of rotatable bonds is 4. The first kappa shape index (κ1) is 30.3. The second kappa shape index (κ2) is 11.9. The molecule has 0 amide bonds. The number of ether oxygens (including phenoxy) is 3. The molecule has 1 saturated heterocycles. The SMILES string of the molecule is COC(=O)c1cc(-c2ccoc2)c(C(F)(F)F)cc1N.COC(=O)c1cc(C2CCOC2)c(C(F)(F)F)cc1N. The van der Waals surface area contributed by atoms with Crippen LogP contribution in [0.2, 0.25) is 0 Å². The zero-order chi connectivity index (χ0) is 29.8. The number of carbonyl (C=O) groups is 2. The summed E-state index contributed by atoms with van der Waals surface area (Å²) in [5.41, 5.74) is 8.58. The highest BCUT2D eigenvalue weighted by molar-refractivity contribution is 5.97. The molecule has 8 nitrogen and oxygen atoms in total. The van der Waals surface area contributed by atoms with Gasteiger partial charge < -0.3 is 30.1 Å². The van der Waals surface area contributed by atoms with Crippen molar-refractivity contribution in [2.24, 2.45) is 0 Å². The maximum absolute atomic E-state index is 13.1. The van der Waals surface area contributed by atoms with E-state index in [1.165, 1.54) is 18.4 Å². The van der Waals surface area contributed by atoms with Gasteiger partial charge in [-0.2, -0.15) is 26.3 Å². The van der Waals surface area contributed by atoms with E-state index < -0.39 is 41.3 Å². The van der Waals surface area contributed by atoms with Gasteiger partial charge in [-0.1, -0.05) is 0 Å². The predicted octanol–water partition coefficient (Wildman–Crippen LogP) is 5.91. The van der Waals surface area contributed by atoms with Gasteiger partial charge in [0.2, 0.25) is 0 Å². The van der Waals surface area contributed by atoms with Crippen molar-refractivity contribution in [3.8, 4) is 11.1 Å². The Morgan fingerprint density at radius 1 is 0.875 bits per heavy atom. The fourth-order valence-corrected chi connectivity index (χ4v) is 4.08. The van der Waals surface area contributed by atoms with Crippen molar-refractivity contribution in [3.05, 3.63) is 70.7 Å². The van der Waals surface area contributed by atoms with Crippen LogP contribution >= 0.6 is 0 Å². The molecule has 0 aliphatic carbocycles. The number of nitrogens with two attached hydrogens (primary N) is 2. The van der Waals surface area contributed by atoms with Gasteiger partial charge in [0.25, 0.3) is 0 Å². The Hall–Kier alpha value is -4.20. The average molecular weight is 574 g/mol. The van der Waals surface area contributed by atoms with E-state index in [9.17, 15) is 35.9 Å². The number of hydrogen-bond donors (Lipinski definition) is 2. The molecule has 40 heavy (non-hydrogen) atoms. The summed E-state index contributed by atoms with van der Waals surface area (Å²) in [5.74, 6) is -1.95. The van der Waals surface area contributed by atoms with Crippen LogP contribution in [0.3, 0.4) is 0 Å². The normalized spacial score (nSPS) is 15.2. The van der Waals surface area contributed by atoms with Crippen LogP contribution in [-0.4, -0.2) is 39.4 Å². The van der Waals surface area contributed by atoms with Gasteiger partial charge in [-0.25, -0.2) is 9.59 Å². The van der Waals surface area contributed by atoms with Gasteiger partial charge in [0.15, 0.2) is 0 Å². The molecule has 1 aliphatic heterocycles. The van der Waals surface area contributed by atoms with E-state index in [-0.39, 0.29) is 45.8 Å². The molecule has 14 heteroatoms. The Bertz CT molecular complexity index is 1360. The molecule has 1 aromatic heterocycles. The van der Waals surface area contributed by atoms with Crippen LogP contribution in [0.25, 0.3) is 11.1 Å². The number of alkyl halides is 6. The van der Waals surface area contributed by atoms with Gasteiger partial charge in [-0.3, -0.25) is 0 Å². The number of methoxy groups -OCH3 is 2. The Balaban J connectivity index is 0.000000220. The van der Waals surface area contributed by atoms with Crippen molar-refractivity contribution in [2.75, 3.05) is 38.9 Å². The second-order valence-electron chi connectivity index (χ2n) is 8.56. The number of nitrogen functional groups attached to an aromatic ring is 2. The summed E-state index contributed by atoms with van der Waals surface area (Å²) < 4.78 is 97.3. The molecule has 0 saturated carbocycles. The number of anilines is 2. The number of benzene rings is 2. The molecular formula is C26H24F6N2O6. The molecule has 1 atom stereocenters. The highest BCUT2D eigenvalue weighted by Crippen LogP contribution is 2.41. The smallest absolute Gasteiger partial charge is 0.417 e. The molecule has 216 valence electrons. The number of furan rings is 1. The van der Waals surface area contributed by atoms with E-state index >= 15 is 0 Å². The van der Waals surface area contributed by atoms with Gasteiger partial charge >= 0.3 is 24.3 Å². The zero-order valence-corrected chi connectivity index (χ0v) is 21.1. The van der Waals surface area contributed by atoms with Crippen LogP contribution in [0, 0.1) is 0 Å². The van der Waals surface area contributed by atoms with E-state index in [4.69, 9.17) is 20.6 Å². The lowest BCUT2D eigenvalue weighted by Gasteiger charge is -2.19. The van der Waals surface area contributed by atoms with Crippen molar-refractivity contribution in [2.45, 2.75) is 24.7 Å². The topological polar surface area (TPSA) is 127 Å². The average Bonchev–Trinajstić information content (AvgIpc) is 3.62. The summed E-state index contributed by atoms with van der Waals surface area (Å²) in [5, 5.41) is 0. The number of halogens is 6. The molecule has 4 N–H and O–H groups in total. The summed E-state index contributed by atoms with van der Waals surface area (Å²) in [7, 11) is 2.27. The van der Waals surface area contributed by atoms with E-state index in [0.29, 0.717) is 19.1 Å². The third-order valence-electron chi connectivity index (χ3n) is 6.03. The van der Waals surface area contributed by atoms with Gasteiger partial charge in [-0.05, 0) is 47.9 Å². The van der Waals surface area contributed by atoms with Crippen molar-refractivity contribution >= 4 is 23.3 Å².